The maximum atomic E-state index is 2.48. The highest BCUT2D eigenvalue weighted by molar-refractivity contribution is 6.10. The van der Waals surface area contributed by atoms with Crippen LogP contribution in [0, 0.1) is 0 Å². The number of fused-ring (bicyclic) bond motifs is 12. The van der Waals surface area contributed by atoms with Crippen molar-refractivity contribution >= 4 is 44.9 Å². The molecule has 1 unspecified atom stereocenters. The molecule has 2 nitrogen and oxygen atoms in total. The number of hydrogen-bond donors (Lipinski definition) is 0. The summed E-state index contributed by atoms with van der Waals surface area (Å²) in [6.45, 7) is 0. The van der Waals surface area contributed by atoms with Gasteiger partial charge >= 0.3 is 0 Å². The van der Waals surface area contributed by atoms with E-state index in [0.717, 1.165) is 28.4 Å². The fraction of sp³-hybridized carbons (Fsp3) is 0.0169. The Hall–Kier alpha value is -7.94. The Labute approximate surface area is 356 Å². The van der Waals surface area contributed by atoms with Gasteiger partial charge in [0.2, 0.25) is 0 Å². The molecule has 0 radical (unpaired) electrons. The molecular formula is C59H40N2. The lowest BCUT2D eigenvalue weighted by Gasteiger charge is -2.36. The van der Waals surface area contributed by atoms with E-state index in [9.17, 15) is 0 Å². The third kappa shape index (κ3) is 5.36. The fourth-order valence-corrected chi connectivity index (χ4v) is 10.3. The smallest absolute Gasteiger partial charge is 0.0746 e. The SMILES string of the molecule is c1ccc(-c2ccc(N(c3ccccc3)c3ccc4c(c3)-c3ccccc3C43c4ccccc4-c4c3c(N(c3ccccc3)c3ccccc3)cc3ccccc43)cc2)cc1. The molecule has 0 aromatic heterocycles. The number of benzene rings is 10. The molecule has 1 spiro atoms. The van der Waals surface area contributed by atoms with Crippen LogP contribution in [0.4, 0.5) is 34.1 Å². The Bertz CT molecular complexity index is 3190. The van der Waals surface area contributed by atoms with E-state index < -0.39 is 5.41 Å². The van der Waals surface area contributed by atoms with E-state index in [4.69, 9.17) is 0 Å². The average Bonchev–Trinajstić information content (AvgIpc) is 3.81. The maximum absolute atomic E-state index is 2.48. The van der Waals surface area contributed by atoms with E-state index in [1.165, 1.54) is 72.1 Å². The predicted molar refractivity (Wildman–Crippen MR) is 255 cm³/mol. The maximum Gasteiger partial charge on any atom is 0.0746 e. The Morgan fingerprint density at radius 2 is 0.754 bits per heavy atom. The van der Waals surface area contributed by atoms with Crippen molar-refractivity contribution in [2.24, 2.45) is 0 Å². The minimum Gasteiger partial charge on any atom is -0.310 e. The minimum atomic E-state index is -0.591. The van der Waals surface area contributed by atoms with Gasteiger partial charge in [-0.05, 0) is 128 Å². The molecule has 0 heterocycles. The van der Waals surface area contributed by atoms with Crippen LogP contribution in [-0.4, -0.2) is 0 Å². The van der Waals surface area contributed by atoms with Gasteiger partial charge in [0.1, 0.15) is 0 Å². The Morgan fingerprint density at radius 1 is 0.295 bits per heavy atom. The third-order valence-corrected chi connectivity index (χ3v) is 12.8. The van der Waals surface area contributed by atoms with Gasteiger partial charge < -0.3 is 9.80 Å². The lowest BCUT2D eigenvalue weighted by molar-refractivity contribution is 0.793. The van der Waals surface area contributed by atoms with Gasteiger partial charge in [0.15, 0.2) is 0 Å². The zero-order chi connectivity index (χ0) is 40.3. The molecule has 10 aromatic rings. The van der Waals surface area contributed by atoms with Crippen molar-refractivity contribution in [2.75, 3.05) is 9.80 Å². The summed E-state index contributed by atoms with van der Waals surface area (Å²) in [4.78, 5) is 4.87. The molecule has 0 bridgehead atoms. The van der Waals surface area contributed by atoms with Gasteiger partial charge in [-0.25, -0.2) is 0 Å². The van der Waals surface area contributed by atoms with Gasteiger partial charge in [0.05, 0.1) is 11.1 Å². The molecule has 286 valence electrons. The van der Waals surface area contributed by atoms with E-state index >= 15 is 0 Å². The van der Waals surface area contributed by atoms with Crippen molar-refractivity contribution in [3.05, 3.63) is 265 Å². The molecule has 0 fully saturated rings. The van der Waals surface area contributed by atoms with Gasteiger partial charge in [-0.15, -0.1) is 0 Å². The van der Waals surface area contributed by atoms with E-state index in [0.29, 0.717) is 0 Å². The summed E-state index contributed by atoms with van der Waals surface area (Å²) in [7, 11) is 0. The summed E-state index contributed by atoms with van der Waals surface area (Å²) in [5.41, 5.74) is 18.9. The van der Waals surface area contributed by atoms with Crippen LogP contribution in [0.2, 0.25) is 0 Å². The van der Waals surface area contributed by atoms with E-state index in [-0.39, 0.29) is 0 Å². The second-order valence-corrected chi connectivity index (χ2v) is 16.0. The molecule has 61 heavy (non-hydrogen) atoms. The first-order valence-electron chi connectivity index (χ1n) is 21.1. The Balaban J connectivity index is 1.14. The van der Waals surface area contributed by atoms with Crippen LogP contribution < -0.4 is 9.80 Å². The average molecular weight is 777 g/mol. The molecule has 2 heteroatoms. The normalized spacial score (nSPS) is 14.3. The van der Waals surface area contributed by atoms with Gasteiger partial charge in [-0.2, -0.15) is 0 Å². The fourth-order valence-electron chi connectivity index (χ4n) is 10.3. The van der Waals surface area contributed by atoms with E-state index in [2.05, 4.69) is 252 Å². The monoisotopic (exact) mass is 776 g/mol. The topological polar surface area (TPSA) is 6.48 Å². The molecule has 0 amide bonds. The second-order valence-electron chi connectivity index (χ2n) is 16.0. The quantitative estimate of drug-likeness (QED) is 0.159. The summed E-state index contributed by atoms with van der Waals surface area (Å²) in [6, 6.07) is 89.0. The zero-order valence-electron chi connectivity index (χ0n) is 33.5. The van der Waals surface area contributed by atoms with Crippen LogP contribution in [-0.2, 0) is 5.41 Å². The number of hydrogen-bond acceptors (Lipinski definition) is 2. The molecule has 2 aliphatic carbocycles. The molecule has 2 aliphatic rings. The highest BCUT2D eigenvalue weighted by atomic mass is 15.2. The molecule has 0 saturated carbocycles. The van der Waals surface area contributed by atoms with Crippen LogP contribution in [0.25, 0.3) is 44.2 Å². The number of para-hydroxylation sites is 3. The third-order valence-electron chi connectivity index (χ3n) is 12.8. The molecule has 0 aliphatic heterocycles. The first-order chi connectivity index (χ1) is 30.3. The first-order valence-corrected chi connectivity index (χ1v) is 21.1. The van der Waals surface area contributed by atoms with E-state index in [1.807, 2.05) is 0 Å². The summed E-state index contributed by atoms with van der Waals surface area (Å²) < 4.78 is 0. The lowest BCUT2D eigenvalue weighted by atomic mass is 9.69. The van der Waals surface area contributed by atoms with Gasteiger partial charge in [0, 0.05) is 34.0 Å². The number of anilines is 6. The molecule has 1 atom stereocenters. The highest BCUT2D eigenvalue weighted by Gasteiger charge is 2.54. The number of nitrogens with zero attached hydrogens (tertiary/aromatic N) is 2. The predicted octanol–water partition coefficient (Wildman–Crippen LogP) is 15.8. The Kier molecular flexibility index (Phi) is 8.11. The van der Waals surface area contributed by atoms with Crippen molar-refractivity contribution in [3.8, 4) is 33.4 Å². The van der Waals surface area contributed by atoms with Crippen LogP contribution in [0.5, 0.6) is 0 Å². The minimum absolute atomic E-state index is 0.591. The van der Waals surface area contributed by atoms with E-state index in [1.54, 1.807) is 0 Å². The summed E-state index contributed by atoms with van der Waals surface area (Å²) in [5.74, 6) is 0. The largest absolute Gasteiger partial charge is 0.310 e. The molecule has 0 N–H and O–H groups in total. The van der Waals surface area contributed by atoms with Crippen molar-refractivity contribution in [3.63, 3.8) is 0 Å². The van der Waals surface area contributed by atoms with Crippen LogP contribution in [0.3, 0.4) is 0 Å². The summed E-state index contributed by atoms with van der Waals surface area (Å²) >= 11 is 0. The van der Waals surface area contributed by atoms with Crippen molar-refractivity contribution in [2.45, 2.75) is 5.41 Å². The molecule has 0 saturated heterocycles. The summed E-state index contributed by atoms with van der Waals surface area (Å²) in [5, 5.41) is 2.49. The second kappa shape index (κ2) is 14.1. The van der Waals surface area contributed by atoms with Crippen molar-refractivity contribution in [1.29, 1.82) is 0 Å². The van der Waals surface area contributed by atoms with Gasteiger partial charge in [-0.3, -0.25) is 0 Å². The van der Waals surface area contributed by atoms with Crippen LogP contribution in [0.1, 0.15) is 22.3 Å². The Morgan fingerprint density at radius 3 is 1.41 bits per heavy atom. The highest BCUT2D eigenvalue weighted by Crippen LogP contribution is 2.67. The molecular weight excluding hydrogens is 737 g/mol. The number of rotatable bonds is 7. The first kappa shape index (κ1) is 35.0. The van der Waals surface area contributed by atoms with Crippen LogP contribution >= 0.6 is 0 Å². The van der Waals surface area contributed by atoms with Gasteiger partial charge in [0.25, 0.3) is 0 Å². The van der Waals surface area contributed by atoms with Gasteiger partial charge in [-0.1, -0.05) is 176 Å². The summed E-state index contributed by atoms with van der Waals surface area (Å²) in [6.07, 6.45) is 0. The van der Waals surface area contributed by atoms with Crippen molar-refractivity contribution in [1.82, 2.24) is 0 Å². The van der Waals surface area contributed by atoms with Crippen LogP contribution in [0.15, 0.2) is 243 Å². The molecule has 10 aromatic carbocycles. The standard InChI is InChI=1S/C59H40N2/c1-5-19-41(20-6-1)42-33-35-47(36-34-42)60(44-22-7-2-8-23-44)48-37-38-55-52(40-48)50-29-15-17-31-53(50)59(55)54-32-18-16-30-51(54)57-49-28-14-13-21-43(49)39-56(58(57)59)61(45-24-9-3-10-25-45)46-26-11-4-12-27-46/h1-40H. The zero-order valence-corrected chi connectivity index (χ0v) is 33.5. The molecule has 12 rings (SSSR count). The van der Waals surface area contributed by atoms with Crippen molar-refractivity contribution < 1.29 is 0 Å². The lowest BCUT2D eigenvalue weighted by Crippen LogP contribution is -2.28.